The van der Waals surface area contributed by atoms with Crippen LogP contribution in [0.1, 0.15) is 6.92 Å². The number of aliphatic hydroxyl groups excluding tert-OH is 1. The molecule has 0 heterocycles. The minimum absolute atomic E-state index is 0.479. The Morgan fingerprint density at radius 2 is 1.67 bits per heavy atom. The highest BCUT2D eigenvalue weighted by atomic mass is 28.4. The van der Waals surface area contributed by atoms with E-state index in [9.17, 15) is 0 Å². The first-order chi connectivity index (χ1) is 4.06. The van der Waals surface area contributed by atoms with Gasteiger partial charge in [0.15, 0.2) is 0 Å². The van der Waals surface area contributed by atoms with E-state index < -0.39 is 14.3 Å². The number of hydrogen-bond acceptors (Lipinski definition) is 3. The van der Waals surface area contributed by atoms with Gasteiger partial charge in [-0.3, -0.25) is 0 Å². The van der Waals surface area contributed by atoms with E-state index in [0.29, 0.717) is 0 Å². The maximum Gasteiger partial charge on any atom is 0.363 e. The standard InChI is InChI=1S/C5H14O3Si/c1-5(6)9(4,7-2)8-3/h5-6H,1-4H3. The maximum atomic E-state index is 9.08. The monoisotopic (exact) mass is 150 g/mol. The van der Waals surface area contributed by atoms with Gasteiger partial charge in [-0.2, -0.15) is 0 Å². The highest BCUT2D eigenvalue weighted by Gasteiger charge is 2.34. The van der Waals surface area contributed by atoms with Crippen LogP contribution in [0, 0.1) is 0 Å². The van der Waals surface area contributed by atoms with E-state index in [1.807, 2.05) is 6.55 Å². The summed E-state index contributed by atoms with van der Waals surface area (Å²) in [7, 11) is 0.897. The van der Waals surface area contributed by atoms with Crippen LogP contribution in [0.4, 0.5) is 0 Å². The third-order valence-corrected chi connectivity index (χ3v) is 4.71. The first-order valence-corrected chi connectivity index (χ1v) is 5.24. The Balaban J connectivity index is 3.92. The zero-order chi connectivity index (χ0) is 7.49. The average molecular weight is 150 g/mol. The van der Waals surface area contributed by atoms with Gasteiger partial charge in [0.05, 0.1) is 5.73 Å². The molecule has 0 aliphatic heterocycles. The van der Waals surface area contributed by atoms with Crippen molar-refractivity contribution >= 4 is 8.56 Å². The Kier molecular flexibility index (Phi) is 3.35. The topological polar surface area (TPSA) is 38.7 Å². The van der Waals surface area contributed by atoms with E-state index in [1.54, 1.807) is 21.1 Å². The third kappa shape index (κ3) is 2.06. The summed E-state index contributed by atoms with van der Waals surface area (Å²) in [5.41, 5.74) is -0.479. The zero-order valence-corrected chi connectivity index (χ0v) is 7.34. The lowest BCUT2D eigenvalue weighted by atomic mass is 10.9. The highest BCUT2D eigenvalue weighted by molar-refractivity contribution is 6.67. The number of hydrogen-bond donors (Lipinski definition) is 1. The summed E-state index contributed by atoms with van der Waals surface area (Å²) >= 11 is 0. The Labute approximate surface area is 56.8 Å². The van der Waals surface area contributed by atoms with Crippen molar-refractivity contribution in [3.63, 3.8) is 0 Å². The molecule has 0 spiro atoms. The lowest BCUT2D eigenvalue weighted by Crippen LogP contribution is -2.47. The predicted octanol–water partition coefficient (Wildman–Crippen LogP) is 0.271. The molecule has 0 aromatic heterocycles. The molecule has 0 aromatic rings. The first kappa shape index (κ1) is 9.10. The van der Waals surface area contributed by atoms with E-state index >= 15 is 0 Å². The van der Waals surface area contributed by atoms with Gasteiger partial charge < -0.3 is 14.0 Å². The molecule has 56 valence electrons. The van der Waals surface area contributed by atoms with Gasteiger partial charge in [0.1, 0.15) is 0 Å². The van der Waals surface area contributed by atoms with Crippen LogP contribution in [0.5, 0.6) is 0 Å². The minimum atomic E-state index is -2.22. The first-order valence-electron chi connectivity index (χ1n) is 2.85. The Morgan fingerprint density at radius 1 is 1.33 bits per heavy atom. The molecule has 0 bridgehead atoms. The molecule has 0 rings (SSSR count). The quantitative estimate of drug-likeness (QED) is 0.587. The molecular formula is C5H14O3Si. The van der Waals surface area contributed by atoms with Crippen molar-refractivity contribution in [3.8, 4) is 0 Å². The summed E-state index contributed by atoms with van der Waals surface area (Å²) in [6.07, 6.45) is 0. The van der Waals surface area contributed by atoms with Crippen molar-refractivity contribution in [2.75, 3.05) is 14.2 Å². The summed E-state index contributed by atoms with van der Waals surface area (Å²) < 4.78 is 10.0. The molecule has 9 heavy (non-hydrogen) atoms. The average Bonchev–Trinajstić information content (AvgIpc) is 1.86. The smallest absolute Gasteiger partial charge is 0.363 e. The molecule has 0 amide bonds. The molecule has 4 heteroatoms. The molecule has 0 radical (unpaired) electrons. The van der Waals surface area contributed by atoms with Crippen molar-refractivity contribution in [1.29, 1.82) is 0 Å². The molecule has 0 aliphatic carbocycles. The molecule has 0 aromatic carbocycles. The highest BCUT2D eigenvalue weighted by Crippen LogP contribution is 2.08. The fourth-order valence-electron chi connectivity index (χ4n) is 0.424. The molecule has 1 N–H and O–H groups in total. The fourth-order valence-corrected chi connectivity index (χ4v) is 1.27. The number of rotatable bonds is 3. The second-order valence-corrected chi connectivity index (χ2v) is 5.78. The van der Waals surface area contributed by atoms with Crippen LogP contribution in [0.3, 0.4) is 0 Å². The molecule has 0 saturated carbocycles. The van der Waals surface area contributed by atoms with Crippen molar-refractivity contribution in [2.24, 2.45) is 0 Å². The van der Waals surface area contributed by atoms with Gasteiger partial charge >= 0.3 is 8.56 Å². The van der Waals surface area contributed by atoms with Gasteiger partial charge in [-0.25, -0.2) is 0 Å². The van der Waals surface area contributed by atoms with E-state index in [0.717, 1.165) is 0 Å². The van der Waals surface area contributed by atoms with Crippen LogP contribution >= 0.6 is 0 Å². The second-order valence-electron chi connectivity index (χ2n) is 2.10. The van der Waals surface area contributed by atoms with Crippen molar-refractivity contribution < 1.29 is 14.0 Å². The van der Waals surface area contributed by atoms with Gasteiger partial charge in [0.25, 0.3) is 0 Å². The van der Waals surface area contributed by atoms with E-state index in [1.165, 1.54) is 0 Å². The lowest BCUT2D eigenvalue weighted by molar-refractivity contribution is 0.156. The van der Waals surface area contributed by atoms with Crippen molar-refractivity contribution in [3.05, 3.63) is 0 Å². The van der Waals surface area contributed by atoms with Crippen LogP contribution < -0.4 is 0 Å². The molecule has 0 fully saturated rings. The molecule has 1 unspecified atom stereocenters. The Bertz CT molecular complexity index is 80.3. The summed E-state index contributed by atoms with van der Waals surface area (Å²) in [5, 5.41) is 9.08. The summed E-state index contributed by atoms with van der Waals surface area (Å²) in [4.78, 5) is 0. The van der Waals surface area contributed by atoms with Crippen LogP contribution in [-0.2, 0) is 8.85 Å². The Morgan fingerprint density at radius 3 is 1.67 bits per heavy atom. The summed E-state index contributed by atoms with van der Waals surface area (Å²) in [6.45, 7) is 3.50. The molecule has 3 nitrogen and oxygen atoms in total. The van der Waals surface area contributed by atoms with E-state index in [2.05, 4.69) is 0 Å². The second kappa shape index (κ2) is 3.31. The van der Waals surface area contributed by atoms with E-state index in [-0.39, 0.29) is 0 Å². The fraction of sp³-hybridized carbons (Fsp3) is 1.00. The summed E-state index contributed by atoms with van der Waals surface area (Å²) in [6, 6.07) is 0. The van der Waals surface area contributed by atoms with Gasteiger partial charge in [0, 0.05) is 14.2 Å². The molecule has 0 saturated heterocycles. The van der Waals surface area contributed by atoms with Gasteiger partial charge in [-0.05, 0) is 13.5 Å². The van der Waals surface area contributed by atoms with Crippen molar-refractivity contribution in [1.82, 2.24) is 0 Å². The molecule has 1 atom stereocenters. The minimum Gasteiger partial charge on any atom is -0.396 e. The third-order valence-electron chi connectivity index (χ3n) is 1.57. The van der Waals surface area contributed by atoms with Gasteiger partial charge in [-0.1, -0.05) is 0 Å². The zero-order valence-electron chi connectivity index (χ0n) is 6.34. The lowest BCUT2D eigenvalue weighted by Gasteiger charge is -2.24. The van der Waals surface area contributed by atoms with Crippen LogP contribution in [0.2, 0.25) is 6.55 Å². The maximum absolute atomic E-state index is 9.08. The molecule has 0 aliphatic rings. The largest absolute Gasteiger partial charge is 0.396 e. The predicted molar refractivity (Wildman–Crippen MR) is 37.3 cm³/mol. The van der Waals surface area contributed by atoms with Crippen LogP contribution in [-0.4, -0.2) is 33.6 Å². The van der Waals surface area contributed by atoms with Gasteiger partial charge in [-0.15, -0.1) is 0 Å². The normalized spacial score (nSPS) is 15.7. The SMILES string of the molecule is CO[Si](C)(OC)C(C)O. The Hall–Kier alpha value is 0.0969. The number of aliphatic hydroxyl groups is 1. The van der Waals surface area contributed by atoms with Gasteiger partial charge in [0.2, 0.25) is 0 Å². The van der Waals surface area contributed by atoms with Crippen molar-refractivity contribution in [2.45, 2.75) is 19.2 Å². The van der Waals surface area contributed by atoms with Crippen LogP contribution in [0.15, 0.2) is 0 Å². The van der Waals surface area contributed by atoms with E-state index in [4.69, 9.17) is 14.0 Å². The van der Waals surface area contributed by atoms with Crippen LogP contribution in [0.25, 0.3) is 0 Å². The summed E-state index contributed by atoms with van der Waals surface area (Å²) in [5.74, 6) is 0. The molecular weight excluding hydrogens is 136 g/mol.